The molecule has 2 aromatic rings. The number of carbonyl (C=O) groups excluding carboxylic acids is 1. The Kier molecular flexibility index (Phi) is 6.21. The molecule has 0 saturated carbocycles. The Bertz CT molecular complexity index is 754. The zero-order chi connectivity index (χ0) is 17.6. The van der Waals surface area contributed by atoms with E-state index in [9.17, 15) is 4.79 Å². The number of rotatable bonds is 5. The van der Waals surface area contributed by atoms with Crippen molar-refractivity contribution in [3.8, 4) is 5.75 Å². The van der Waals surface area contributed by atoms with Crippen molar-refractivity contribution in [3.05, 3.63) is 57.5 Å². The summed E-state index contributed by atoms with van der Waals surface area (Å²) in [6.07, 6.45) is 2.74. The smallest absolute Gasteiger partial charge is 0.321 e. The van der Waals surface area contributed by atoms with Crippen molar-refractivity contribution in [2.24, 2.45) is 0 Å². The number of benzene rings is 2. The van der Waals surface area contributed by atoms with Crippen molar-refractivity contribution in [3.63, 3.8) is 0 Å². The molecule has 1 aliphatic heterocycles. The molecular weight excluding hydrogens is 404 g/mol. The largest absolute Gasteiger partial charge is 0.492 e. The Morgan fingerprint density at radius 3 is 2.96 bits per heavy atom. The normalized spacial score (nSPS) is 13.3. The van der Waals surface area contributed by atoms with Gasteiger partial charge in [0.2, 0.25) is 0 Å². The van der Waals surface area contributed by atoms with Crippen LogP contribution in [0.15, 0.2) is 46.9 Å². The lowest BCUT2D eigenvalue weighted by molar-refractivity contribution is 0.244. The quantitative estimate of drug-likeness (QED) is 0.685. The molecule has 0 aliphatic carbocycles. The van der Waals surface area contributed by atoms with E-state index < -0.39 is 0 Å². The summed E-state index contributed by atoms with van der Waals surface area (Å²) in [6, 6.07) is 13.6. The summed E-state index contributed by atoms with van der Waals surface area (Å²) in [4.78, 5) is 14.3. The van der Waals surface area contributed by atoms with Crippen LogP contribution >= 0.6 is 27.5 Å². The molecular formula is C19H20BrClN2O2. The highest BCUT2D eigenvalue weighted by atomic mass is 79.9. The van der Waals surface area contributed by atoms with E-state index in [1.807, 2.05) is 35.2 Å². The van der Waals surface area contributed by atoms with Gasteiger partial charge in [0.15, 0.2) is 0 Å². The Balaban J connectivity index is 1.44. The third kappa shape index (κ3) is 4.67. The molecule has 1 N–H and O–H groups in total. The molecule has 0 atom stereocenters. The van der Waals surface area contributed by atoms with Gasteiger partial charge in [-0.05, 0) is 49.1 Å². The minimum Gasteiger partial charge on any atom is -0.492 e. The molecule has 0 aromatic heterocycles. The van der Waals surface area contributed by atoms with Crippen molar-refractivity contribution < 1.29 is 9.53 Å². The molecule has 1 aliphatic rings. The molecule has 0 unspecified atom stereocenters. The summed E-state index contributed by atoms with van der Waals surface area (Å²) < 4.78 is 6.57. The van der Waals surface area contributed by atoms with Crippen molar-refractivity contribution in [1.82, 2.24) is 5.32 Å². The number of hydrogen-bond acceptors (Lipinski definition) is 2. The topological polar surface area (TPSA) is 41.6 Å². The van der Waals surface area contributed by atoms with E-state index in [0.717, 1.165) is 29.5 Å². The number of carbonyl (C=O) groups is 1. The summed E-state index contributed by atoms with van der Waals surface area (Å²) >= 11 is 9.47. The highest BCUT2D eigenvalue weighted by Crippen LogP contribution is 2.28. The molecule has 1 heterocycles. The van der Waals surface area contributed by atoms with Crippen LogP contribution in [0.5, 0.6) is 5.75 Å². The van der Waals surface area contributed by atoms with Gasteiger partial charge >= 0.3 is 6.03 Å². The van der Waals surface area contributed by atoms with Crippen LogP contribution in [-0.4, -0.2) is 25.7 Å². The summed E-state index contributed by atoms with van der Waals surface area (Å²) in [6.45, 7) is 1.82. The van der Waals surface area contributed by atoms with Gasteiger partial charge in [-0.3, -0.25) is 4.90 Å². The Morgan fingerprint density at radius 2 is 2.12 bits per heavy atom. The number of nitrogens with one attached hydrogen (secondary N) is 1. The van der Waals surface area contributed by atoms with E-state index in [1.54, 1.807) is 6.07 Å². The van der Waals surface area contributed by atoms with Crippen LogP contribution in [0, 0.1) is 0 Å². The fourth-order valence-electron chi connectivity index (χ4n) is 2.88. The van der Waals surface area contributed by atoms with Crippen LogP contribution in [0.25, 0.3) is 0 Å². The summed E-state index contributed by atoms with van der Waals surface area (Å²) in [7, 11) is 0. The molecule has 3 rings (SSSR count). The zero-order valence-electron chi connectivity index (χ0n) is 13.8. The number of nitrogens with zero attached hydrogens (tertiary/aromatic N) is 1. The van der Waals surface area contributed by atoms with E-state index in [1.165, 1.54) is 5.56 Å². The van der Waals surface area contributed by atoms with Crippen molar-refractivity contribution >= 4 is 39.2 Å². The van der Waals surface area contributed by atoms with Crippen LogP contribution in [0.3, 0.4) is 0 Å². The van der Waals surface area contributed by atoms with Gasteiger partial charge in [-0.2, -0.15) is 0 Å². The molecule has 0 radical (unpaired) electrons. The summed E-state index contributed by atoms with van der Waals surface area (Å²) in [5, 5.41) is 3.54. The van der Waals surface area contributed by atoms with Crippen LogP contribution in [0.4, 0.5) is 10.5 Å². The molecule has 132 valence electrons. The fourth-order valence-corrected chi connectivity index (χ4v) is 3.61. The van der Waals surface area contributed by atoms with E-state index >= 15 is 0 Å². The second-order valence-electron chi connectivity index (χ2n) is 5.89. The molecule has 0 fully saturated rings. The van der Waals surface area contributed by atoms with Gasteiger partial charge in [0, 0.05) is 23.2 Å². The standard InChI is InChI=1S/C19H20BrClN2O2/c20-15-8-9-18(16(21)13-15)25-12-4-10-22-19(24)23-11-3-6-14-5-1-2-7-17(14)23/h1-2,5,7-9,13H,3-4,6,10-12H2,(H,22,24). The van der Waals surface area contributed by atoms with E-state index in [4.69, 9.17) is 16.3 Å². The van der Waals surface area contributed by atoms with Gasteiger partial charge in [-0.1, -0.05) is 45.7 Å². The molecule has 2 amide bonds. The van der Waals surface area contributed by atoms with Gasteiger partial charge in [0.25, 0.3) is 0 Å². The molecule has 0 bridgehead atoms. The first-order valence-corrected chi connectivity index (χ1v) is 9.53. The predicted octanol–water partition coefficient (Wildman–Crippen LogP) is 5.03. The van der Waals surface area contributed by atoms with Crippen LogP contribution < -0.4 is 15.0 Å². The monoisotopic (exact) mass is 422 g/mol. The third-order valence-corrected chi connectivity index (χ3v) is 4.89. The van der Waals surface area contributed by atoms with E-state index in [0.29, 0.717) is 30.3 Å². The lowest BCUT2D eigenvalue weighted by Crippen LogP contribution is -2.43. The molecule has 2 aromatic carbocycles. The average molecular weight is 424 g/mol. The first-order chi connectivity index (χ1) is 12.1. The summed E-state index contributed by atoms with van der Waals surface area (Å²) in [5.74, 6) is 0.654. The van der Waals surface area contributed by atoms with E-state index in [-0.39, 0.29) is 6.03 Å². The first kappa shape index (κ1) is 18.1. The first-order valence-electron chi connectivity index (χ1n) is 8.36. The Morgan fingerprint density at radius 1 is 1.28 bits per heavy atom. The van der Waals surface area contributed by atoms with Crippen LogP contribution in [0.1, 0.15) is 18.4 Å². The maximum atomic E-state index is 12.4. The number of para-hydroxylation sites is 1. The van der Waals surface area contributed by atoms with Gasteiger partial charge in [0.05, 0.1) is 11.6 Å². The lowest BCUT2D eigenvalue weighted by atomic mass is 10.0. The summed E-state index contributed by atoms with van der Waals surface area (Å²) in [5.41, 5.74) is 2.25. The molecule has 0 saturated heterocycles. The molecule has 4 nitrogen and oxygen atoms in total. The van der Waals surface area contributed by atoms with Crippen LogP contribution in [-0.2, 0) is 6.42 Å². The maximum absolute atomic E-state index is 12.4. The van der Waals surface area contributed by atoms with Crippen molar-refractivity contribution in [2.75, 3.05) is 24.6 Å². The van der Waals surface area contributed by atoms with Gasteiger partial charge in [-0.25, -0.2) is 4.79 Å². The zero-order valence-corrected chi connectivity index (χ0v) is 16.1. The number of hydrogen-bond donors (Lipinski definition) is 1. The number of urea groups is 1. The maximum Gasteiger partial charge on any atom is 0.321 e. The van der Waals surface area contributed by atoms with Crippen molar-refractivity contribution in [2.45, 2.75) is 19.3 Å². The number of halogens is 2. The van der Waals surface area contributed by atoms with Gasteiger partial charge < -0.3 is 10.1 Å². The predicted molar refractivity (Wildman–Crippen MR) is 105 cm³/mol. The fraction of sp³-hybridized carbons (Fsp3) is 0.316. The van der Waals surface area contributed by atoms with Crippen molar-refractivity contribution in [1.29, 1.82) is 0 Å². The Hall–Kier alpha value is -1.72. The molecule has 0 spiro atoms. The molecule has 25 heavy (non-hydrogen) atoms. The number of anilines is 1. The van der Waals surface area contributed by atoms with E-state index in [2.05, 4.69) is 27.3 Å². The van der Waals surface area contributed by atoms with Gasteiger partial charge in [0.1, 0.15) is 5.75 Å². The minimum absolute atomic E-state index is 0.0474. The number of aryl methyl sites for hydroxylation is 1. The number of amides is 2. The lowest BCUT2D eigenvalue weighted by Gasteiger charge is -2.29. The molecule has 6 heteroatoms. The average Bonchev–Trinajstić information content (AvgIpc) is 2.62. The number of ether oxygens (including phenoxy) is 1. The minimum atomic E-state index is -0.0474. The second kappa shape index (κ2) is 8.59. The number of fused-ring (bicyclic) bond motifs is 1. The highest BCUT2D eigenvalue weighted by molar-refractivity contribution is 9.10. The second-order valence-corrected chi connectivity index (χ2v) is 7.22. The third-order valence-electron chi connectivity index (χ3n) is 4.10. The highest BCUT2D eigenvalue weighted by Gasteiger charge is 2.21. The van der Waals surface area contributed by atoms with Gasteiger partial charge in [-0.15, -0.1) is 0 Å². The Labute approximate surface area is 161 Å². The SMILES string of the molecule is O=C(NCCCOc1ccc(Br)cc1Cl)N1CCCc2ccccc21. The van der Waals surface area contributed by atoms with Crippen LogP contribution in [0.2, 0.25) is 5.02 Å².